The van der Waals surface area contributed by atoms with Crippen LogP contribution in [0.1, 0.15) is 12.0 Å². The van der Waals surface area contributed by atoms with E-state index in [1.54, 1.807) is 6.07 Å². The third kappa shape index (κ3) is 6.16. The number of halogens is 1. The highest BCUT2D eigenvalue weighted by Gasteiger charge is 2.20. The molecule has 0 bridgehead atoms. The molecule has 1 amide bonds. The number of amides is 1. The largest absolute Gasteiger partial charge is 0.496 e. The third-order valence-electron chi connectivity index (χ3n) is 5.12. The average molecular weight is 433 g/mol. The molecule has 0 radical (unpaired) electrons. The van der Waals surface area contributed by atoms with E-state index in [9.17, 15) is 14.9 Å². The summed E-state index contributed by atoms with van der Waals surface area (Å²) in [7, 11) is 1.44. The summed E-state index contributed by atoms with van der Waals surface area (Å²) in [6, 6.07) is 12.3. The highest BCUT2D eigenvalue weighted by atomic mass is 35.5. The van der Waals surface area contributed by atoms with Gasteiger partial charge in [-0.3, -0.25) is 19.8 Å². The zero-order valence-electron chi connectivity index (χ0n) is 16.8. The number of anilines is 1. The van der Waals surface area contributed by atoms with Gasteiger partial charge in [-0.1, -0.05) is 23.7 Å². The number of methoxy groups -OCH3 is 1. The second-order valence-corrected chi connectivity index (χ2v) is 7.62. The average Bonchev–Trinajstić information content (AvgIpc) is 2.75. The maximum absolute atomic E-state index is 12.3. The van der Waals surface area contributed by atoms with Crippen LogP contribution >= 0.6 is 11.6 Å². The first-order chi connectivity index (χ1) is 14.4. The molecule has 30 heavy (non-hydrogen) atoms. The summed E-state index contributed by atoms with van der Waals surface area (Å²) in [5.41, 5.74) is 1.23. The molecule has 1 heterocycles. The number of nitrogens with one attached hydrogen (secondary N) is 1. The lowest BCUT2D eigenvalue weighted by atomic mass is 10.2. The van der Waals surface area contributed by atoms with Gasteiger partial charge in [0.15, 0.2) is 0 Å². The second-order valence-electron chi connectivity index (χ2n) is 7.18. The van der Waals surface area contributed by atoms with Gasteiger partial charge in [-0.25, -0.2) is 0 Å². The maximum atomic E-state index is 12.3. The smallest absolute Gasteiger partial charge is 0.296 e. The number of nitrogens with zero attached hydrogens (tertiary/aromatic N) is 3. The van der Waals surface area contributed by atoms with Gasteiger partial charge in [0, 0.05) is 50.7 Å². The number of benzene rings is 2. The Labute approximate surface area is 180 Å². The van der Waals surface area contributed by atoms with Gasteiger partial charge < -0.3 is 15.0 Å². The van der Waals surface area contributed by atoms with Gasteiger partial charge in [-0.15, -0.1) is 0 Å². The lowest BCUT2D eigenvalue weighted by molar-refractivity contribution is -0.384. The molecule has 0 atom stereocenters. The molecule has 1 saturated heterocycles. The molecule has 2 aromatic carbocycles. The van der Waals surface area contributed by atoms with Crippen molar-refractivity contribution >= 4 is 28.9 Å². The van der Waals surface area contributed by atoms with Gasteiger partial charge in [-0.2, -0.15) is 0 Å². The van der Waals surface area contributed by atoms with Crippen LogP contribution in [-0.2, 0) is 11.3 Å². The lowest BCUT2D eigenvalue weighted by Gasteiger charge is -2.34. The number of rotatable bonds is 8. The number of carbonyl (C=O) groups excluding carboxylic acids is 1. The molecular formula is C21H25ClN4O4. The van der Waals surface area contributed by atoms with Crippen molar-refractivity contribution in [2.24, 2.45) is 0 Å². The molecule has 1 fully saturated rings. The number of ether oxygens (including phenoxy) is 1. The Morgan fingerprint density at radius 2 is 1.80 bits per heavy atom. The SMILES string of the molecule is COc1ccc(NC(=O)CCN2CCN(Cc3ccc(Cl)cc3)CC2)c([N+](=O)[O-])c1. The summed E-state index contributed by atoms with van der Waals surface area (Å²) in [6.45, 7) is 5.10. The minimum Gasteiger partial charge on any atom is -0.496 e. The molecule has 1 aliphatic heterocycles. The Kier molecular flexibility index (Phi) is 7.62. The van der Waals surface area contributed by atoms with Gasteiger partial charge in [0.1, 0.15) is 11.4 Å². The Morgan fingerprint density at radius 1 is 1.13 bits per heavy atom. The Hall–Kier alpha value is -2.68. The lowest BCUT2D eigenvalue weighted by Crippen LogP contribution is -2.46. The van der Waals surface area contributed by atoms with Crippen LogP contribution in [-0.4, -0.2) is 60.5 Å². The Balaban J connectivity index is 1.44. The summed E-state index contributed by atoms with van der Waals surface area (Å²) in [5, 5.41) is 14.6. The second kappa shape index (κ2) is 10.4. The zero-order valence-corrected chi connectivity index (χ0v) is 17.6. The molecule has 0 unspecified atom stereocenters. The van der Waals surface area contributed by atoms with Gasteiger partial charge in [0.05, 0.1) is 18.1 Å². The number of nitro groups is 1. The van der Waals surface area contributed by atoms with Crippen molar-refractivity contribution in [2.75, 3.05) is 45.2 Å². The van der Waals surface area contributed by atoms with Crippen LogP contribution in [0.15, 0.2) is 42.5 Å². The van der Waals surface area contributed by atoms with E-state index < -0.39 is 4.92 Å². The highest BCUT2D eigenvalue weighted by molar-refractivity contribution is 6.30. The first kappa shape index (κ1) is 22.0. The molecule has 9 heteroatoms. The van der Waals surface area contributed by atoms with E-state index in [0.29, 0.717) is 12.3 Å². The highest BCUT2D eigenvalue weighted by Crippen LogP contribution is 2.29. The van der Waals surface area contributed by atoms with Crippen LogP contribution in [0.25, 0.3) is 0 Å². The summed E-state index contributed by atoms with van der Waals surface area (Å²) < 4.78 is 5.01. The molecule has 0 aliphatic carbocycles. The van der Waals surface area contributed by atoms with Crippen molar-refractivity contribution in [1.82, 2.24) is 9.80 Å². The molecule has 2 aromatic rings. The van der Waals surface area contributed by atoms with Crippen LogP contribution in [0, 0.1) is 10.1 Å². The van der Waals surface area contributed by atoms with E-state index in [0.717, 1.165) is 37.7 Å². The molecule has 0 spiro atoms. The molecular weight excluding hydrogens is 408 g/mol. The van der Waals surface area contributed by atoms with Crippen LogP contribution in [0.2, 0.25) is 5.02 Å². The number of piperazine rings is 1. The van der Waals surface area contributed by atoms with E-state index in [4.69, 9.17) is 16.3 Å². The van der Waals surface area contributed by atoms with Crippen LogP contribution < -0.4 is 10.1 Å². The maximum Gasteiger partial charge on any atom is 0.296 e. The number of hydrogen-bond acceptors (Lipinski definition) is 6. The van der Waals surface area contributed by atoms with Crippen molar-refractivity contribution in [3.63, 3.8) is 0 Å². The number of nitro benzene ring substituents is 1. The zero-order chi connectivity index (χ0) is 21.5. The standard InChI is InChI=1S/C21H25ClN4O4/c1-30-18-6-7-19(20(14-18)26(28)29)23-21(27)8-9-24-10-12-25(13-11-24)15-16-2-4-17(22)5-3-16/h2-7,14H,8-13,15H2,1H3,(H,23,27). The first-order valence-corrected chi connectivity index (χ1v) is 10.1. The van der Waals surface area contributed by atoms with Crippen LogP contribution in [0.4, 0.5) is 11.4 Å². The van der Waals surface area contributed by atoms with Gasteiger partial charge in [0.25, 0.3) is 5.69 Å². The summed E-state index contributed by atoms with van der Waals surface area (Å²) in [5.74, 6) is 0.128. The fourth-order valence-electron chi connectivity index (χ4n) is 3.39. The quantitative estimate of drug-likeness (QED) is 0.508. The van der Waals surface area contributed by atoms with Crippen molar-refractivity contribution in [3.8, 4) is 5.75 Å². The molecule has 0 aromatic heterocycles. The van der Waals surface area contributed by atoms with Crippen molar-refractivity contribution in [2.45, 2.75) is 13.0 Å². The van der Waals surface area contributed by atoms with Crippen LogP contribution in [0.3, 0.4) is 0 Å². The fourth-order valence-corrected chi connectivity index (χ4v) is 3.51. The van der Waals surface area contributed by atoms with Crippen molar-refractivity contribution < 1.29 is 14.5 Å². The fraction of sp³-hybridized carbons (Fsp3) is 0.381. The van der Waals surface area contributed by atoms with E-state index >= 15 is 0 Å². The van der Waals surface area contributed by atoms with Crippen LogP contribution in [0.5, 0.6) is 5.75 Å². The normalized spacial score (nSPS) is 15.0. The van der Waals surface area contributed by atoms with Crippen molar-refractivity contribution in [1.29, 1.82) is 0 Å². The minimum atomic E-state index is -0.530. The van der Waals surface area contributed by atoms with Crippen molar-refractivity contribution in [3.05, 3.63) is 63.2 Å². The number of hydrogen-bond donors (Lipinski definition) is 1. The molecule has 1 aliphatic rings. The summed E-state index contributed by atoms with van der Waals surface area (Å²) >= 11 is 5.93. The molecule has 3 rings (SSSR count). The Morgan fingerprint density at radius 3 is 2.43 bits per heavy atom. The minimum absolute atomic E-state index is 0.179. The van der Waals surface area contributed by atoms with Gasteiger partial charge >= 0.3 is 0 Å². The van der Waals surface area contributed by atoms with E-state index in [-0.39, 0.29) is 23.7 Å². The molecule has 0 saturated carbocycles. The number of carbonyl (C=O) groups is 1. The molecule has 160 valence electrons. The van der Waals surface area contributed by atoms with Gasteiger partial charge in [-0.05, 0) is 29.8 Å². The summed E-state index contributed by atoms with van der Waals surface area (Å²) in [4.78, 5) is 27.6. The Bertz CT molecular complexity index is 883. The molecule has 8 nitrogen and oxygen atoms in total. The van der Waals surface area contributed by atoms with Gasteiger partial charge in [0.2, 0.25) is 5.91 Å². The first-order valence-electron chi connectivity index (χ1n) is 9.76. The third-order valence-corrected chi connectivity index (χ3v) is 5.37. The van der Waals surface area contributed by atoms with E-state index in [2.05, 4.69) is 15.1 Å². The van der Waals surface area contributed by atoms with E-state index in [1.165, 1.54) is 24.8 Å². The molecule has 1 N–H and O–H groups in total. The monoisotopic (exact) mass is 432 g/mol. The topological polar surface area (TPSA) is 88.0 Å². The predicted octanol–water partition coefficient (Wildman–Crippen LogP) is 3.40. The van der Waals surface area contributed by atoms with E-state index in [1.807, 2.05) is 24.3 Å². The predicted molar refractivity (Wildman–Crippen MR) is 116 cm³/mol. The summed E-state index contributed by atoms with van der Waals surface area (Å²) in [6.07, 6.45) is 0.278.